The van der Waals surface area contributed by atoms with E-state index in [2.05, 4.69) is 61.5 Å². The van der Waals surface area contributed by atoms with E-state index in [4.69, 9.17) is 5.73 Å². The largest absolute Gasteiger partial charge is 0.369 e. The number of nitrogens with zero attached hydrogens (tertiary/aromatic N) is 2. The summed E-state index contributed by atoms with van der Waals surface area (Å²) in [5.74, 6) is 0.566. The molecule has 2 aromatic rings. The van der Waals surface area contributed by atoms with Gasteiger partial charge in [0.25, 0.3) is 5.91 Å². The number of urea groups is 1. The maximum absolute atomic E-state index is 12.9. The molecule has 7 nitrogen and oxygen atoms in total. The lowest BCUT2D eigenvalue weighted by Crippen LogP contribution is -2.43. The summed E-state index contributed by atoms with van der Waals surface area (Å²) < 4.78 is 0. The third kappa shape index (κ3) is 6.16. The molecule has 0 fully saturated rings. The van der Waals surface area contributed by atoms with Crippen molar-refractivity contribution >= 4 is 17.9 Å². The fourth-order valence-corrected chi connectivity index (χ4v) is 4.38. The van der Waals surface area contributed by atoms with Crippen LogP contribution >= 0.6 is 0 Å². The topological polar surface area (TPSA) is 99.8 Å². The first kappa shape index (κ1) is 25.3. The lowest BCUT2D eigenvalue weighted by molar-refractivity contribution is -0.131. The van der Waals surface area contributed by atoms with Gasteiger partial charge in [-0.1, -0.05) is 63.2 Å². The van der Waals surface area contributed by atoms with Crippen molar-refractivity contribution in [2.75, 3.05) is 0 Å². The molecule has 1 unspecified atom stereocenters. The molecule has 4 N–H and O–H groups in total. The van der Waals surface area contributed by atoms with Gasteiger partial charge in [-0.3, -0.25) is 9.69 Å². The van der Waals surface area contributed by atoms with Gasteiger partial charge in [-0.15, -0.1) is 0 Å². The van der Waals surface area contributed by atoms with Crippen LogP contribution in [-0.2, 0) is 30.8 Å². The second-order valence-electron chi connectivity index (χ2n) is 9.70. The molecule has 182 valence electrons. The molecule has 0 saturated heterocycles. The van der Waals surface area contributed by atoms with Crippen molar-refractivity contribution in [2.24, 2.45) is 16.6 Å². The number of hydrogen-bond acceptors (Lipinski definition) is 4. The third-order valence-electron chi connectivity index (χ3n) is 6.22. The summed E-state index contributed by atoms with van der Waals surface area (Å²) in [6.45, 7) is 11.5. The van der Waals surface area contributed by atoms with Gasteiger partial charge >= 0.3 is 6.03 Å². The van der Waals surface area contributed by atoms with E-state index in [1.807, 2.05) is 31.2 Å². The van der Waals surface area contributed by atoms with Crippen molar-refractivity contribution in [3.8, 4) is 0 Å². The molecule has 0 spiro atoms. The van der Waals surface area contributed by atoms with Gasteiger partial charge in [-0.2, -0.15) is 0 Å². The molecule has 0 saturated carbocycles. The van der Waals surface area contributed by atoms with Crippen molar-refractivity contribution in [3.63, 3.8) is 0 Å². The summed E-state index contributed by atoms with van der Waals surface area (Å²) in [4.78, 5) is 31.2. The van der Waals surface area contributed by atoms with Gasteiger partial charge in [-0.05, 0) is 60.4 Å². The average Bonchev–Trinajstić information content (AvgIpc) is 2.99. The number of aliphatic imine (C=N–C) groups is 1. The summed E-state index contributed by atoms with van der Waals surface area (Å²) in [5.41, 5.74) is 10.8. The molecule has 7 heteroatoms. The van der Waals surface area contributed by atoms with E-state index in [0.717, 1.165) is 23.1 Å². The Morgan fingerprint density at radius 1 is 1.06 bits per heavy atom. The maximum atomic E-state index is 12.9. The van der Waals surface area contributed by atoms with Crippen LogP contribution in [0.1, 0.15) is 61.9 Å². The molecule has 3 amide bonds. The Morgan fingerprint density at radius 2 is 1.68 bits per heavy atom. The molecule has 3 rings (SSSR count). The van der Waals surface area contributed by atoms with E-state index in [-0.39, 0.29) is 17.9 Å². The van der Waals surface area contributed by atoms with Crippen LogP contribution in [0.5, 0.6) is 0 Å². The van der Waals surface area contributed by atoms with E-state index < -0.39 is 5.54 Å². The molecule has 34 heavy (non-hydrogen) atoms. The molecule has 0 radical (unpaired) electrons. The highest BCUT2D eigenvalue weighted by molar-refractivity contribution is 6.06. The molecule has 0 aliphatic carbocycles. The summed E-state index contributed by atoms with van der Waals surface area (Å²) in [6, 6.07) is 13.9. The van der Waals surface area contributed by atoms with Crippen LogP contribution in [0.4, 0.5) is 4.79 Å². The number of carbonyl (C=O) groups excluding carboxylic acids is 2. The minimum absolute atomic E-state index is 0.0549. The van der Waals surface area contributed by atoms with Crippen LogP contribution < -0.4 is 16.4 Å². The van der Waals surface area contributed by atoms with Gasteiger partial charge in [-0.25, -0.2) is 9.79 Å². The minimum atomic E-state index is -0.786. The molecule has 1 aliphatic heterocycles. The van der Waals surface area contributed by atoms with Gasteiger partial charge in [0.2, 0.25) is 0 Å². The first-order chi connectivity index (χ1) is 16.1. The zero-order valence-corrected chi connectivity index (χ0v) is 20.9. The van der Waals surface area contributed by atoms with Gasteiger partial charge in [0.15, 0.2) is 5.96 Å². The Balaban J connectivity index is 1.49. The molecule has 1 aliphatic rings. The lowest BCUT2D eigenvalue weighted by atomic mass is 9.91. The van der Waals surface area contributed by atoms with Crippen molar-refractivity contribution in [1.29, 1.82) is 0 Å². The normalized spacial score (nSPS) is 17.8. The zero-order valence-electron chi connectivity index (χ0n) is 20.9. The van der Waals surface area contributed by atoms with E-state index >= 15 is 0 Å². The molecule has 1 heterocycles. The highest BCUT2D eigenvalue weighted by Crippen LogP contribution is 2.29. The second kappa shape index (κ2) is 10.7. The first-order valence-corrected chi connectivity index (χ1v) is 12.0. The number of guanidine groups is 1. The monoisotopic (exact) mass is 463 g/mol. The van der Waals surface area contributed by atoms with Crippen LogP contribution in [0.3, 0.4) is 0 Å². The van der Waals surface area contributed by atoms with Crippen molar-refractivity contribution in [1.82, 2.24) is 15.5 Å². The van der Waals surface area contributed by atoms with Crippen LogP contribution in [0.25, 0.3) is 0 Å². The van der Waals surface area contributed by atoms with Crippen LogP contribution in [0.2, 0.25) is 0 Å². The molecule has 0 bridgehead atoms. The second-order valence-corrected chi connectivity index (χ2v) is 9.70. The Labute approximate surface area is 202 Å². The maximum Gasteiger partial charge on any atom is 0.315 e. The molecular weight excluding hydrogens is 426 g/mol. The summed E-state index contributed by atoms with van der Waals surface area (Å²) in [7, 11) is 0. The number of hydrogen-bond donors (Lipinski definition) is 3. The number of carbonyl (C=O) groups is 2. The Morgan fingerprint density at radius 3 is 2.29 bits per heavy atom. The standard InChI is InChI=1S/C27H37N5O2/c1-6-20-11-12-23(19(4)13-20)16-30-26(34)29-15-21-7-9-22(10-8-21)17-32-24(33)27(5,14-18(2)3)31-25(32)28/h7-13,18H,6,14-17H2,1-5H3,(H2,28,31)(H2,29,30,34). The number of rotatable bonds is 9. The predicted molar refractivity (Wildman–Crippen MR) is 136 cm³/mol. The van der Waals surface area contributed by atoms with E-state index in [1.165, 1.54) is 11.1 Å². The molecule has 1 atom stereocenters. The number of nitrogens with two attached hydrogens (primary N) is 1. The SMILES string of the molecule is CCc1ccc(CNC(=O)NCc2ccc(CN3C(=O)C(C)(CC(C)C)N=C3N)cc2)c(C)c1. The van der Waals surface area contributed by atoms with Gasteiger partial charge < -0.3 is 16.4 Å². The fraction of sp³-hybridized carbons (Fsp3) is 0.444. The summed E-state index contributed by atoms with van der Waals surface area (Å²) >= 11 is 0. The summed E-state index contributed by atoms with van der Waals surface area (Å²) in [6.07, 6.45) is 1.67. The molecular formula is C27H37N5O2. The quantitative estimate of drug-likeness (QED) is 0.524. The smallest absolute Gasteiger partial charge is 0.315 e. The van der Waals surface area contributed by atoms with E-state index in [0.29, 0.717) is 32.0 Å². The number of aryl methyl sites for hydroxylation is 2. The highest BCUT2D eigenvalue weighted by atomic mass is 16.2. The van der Waals surface area contributed by atoms with Crippen molar-refractivity contribution in [3.05, 3.63) is 70.3 Å². The van der Waals surface area contributed by atoms with E-state index in [9.17, 15) is 9.59 Å². The van der Waals surface area contributed by atoms with Crippen LogP contribution in [-0.4, -0.2) is 28.3 Å². The van der Waals surface area contributed by atoms with Crippen molar-refractivity contribution in [2.45, 2.75) is 72.6 Å². The van der Waals surface area contributed by atoms with Crippen LogP contribution in [0.15, 0.2) is 47.5 Å². The Hall–Kier alpha value is -3.35. The Bertz CT molecular complexity index is 1060. The predicted octanol–water partition coefficient (Wildman–Crippen LogP) is 4.02. The fourth-order valence-electron chi connectivity index (χ4n) is 4.38. The minimum Gasteiger partial charge on any atom is -0.369 e. The van der Waals surface area contributed by atoms with Crippen LogP contribution in [0, 0.1) is 12.8 Å². The average molecular weight is 464 g/mol. The van der Waals surface area contributed by atoms with Gasteiger partial charge in [0.05, 0.1) is 6.54 Å². The number of amides is 3. The zero-order chi connectivity index (χ0) is 24.9. The number of nitrogens with one attached hydrogen (secondary N) is 2. The number of benzene rings is 2. The van der Waals surface area contributed by atoms with Crippen molar-refractivity contribution < 1.29 is 9.59 Å². The van der Waals surface area contributed by atoms with Gasteiger partial charge in [0, 0.05) is 13.1 Å². The molecule has 0 aromatic heterocycles. The highest BCUT2D eigenvalue weighted by Gasteiger charge is 2.43. The Kier molecular flexibility index (Phi) is 7.97. The summed E-state index contributed by atoms with van der Waals surface area (Å²) in [5, 5.41) is 5.81. The van der Waals surface area contributed by atoms with Gasteiger partial charge in [0.1, 0.15) is 5.54 Å². The van der Waals surface area contributed by atoms with E-state index in [1.54, 1.807) is 4.90 Å². The molecule has 2 aromatic carbocycles. The first-order valence-electron chi connectivity index (χ1n) is 12.0. The third-order valence-corrected chi connectivity index (χ3v) is 6.22. The lowest BCUT2D eigenvalue weighted by Gasteiger charge is -2.23.